The molecule has 0 saturated carbocycles. The van der Waals surface area contributed by atoms with Gasteiger partial charge in [-0.1, -0.05) is 19.1 Å². The van der Waals surface area contributed by atoms with Gasteiger partial charge in [0.25, 0.3) is 11.8 Å². The highest BCUT2D eigenvalue weighted by Gasteiger charge is 2.32. The van der Waals surface area contributed by atoms with Crippen molar-refractivity contribution < 1.29 is 14.3 Å². The molecule has 0 bridgehead atoms. The predicted molar refractivity (Wildman–Crippen MR) is 80.8 cm³/mol. The molecule has 1 heterocycles. The maximum absolute atomic E-state index is 12.5. The van der Waals surface area contributed by atoms with Crippen LogP contribution in [0.4, 0.5) is 0 Å². The first kappa shape index (κ1) is 13.6. The lowest BCUT2D eigenvalue weighted by molar-refractivity contribution is 0.0610. The van der Waals surface area contributed by atoms with Gasteiger partial charge in [0.2, 0.25) is 0 Å². The topological polar surface area (TPSA) is 46.6 Å². The summed E-state index contributed by atoms with van der Waals surface area (Å²) in [5, 5.41) is 1.54. The van der Waals surface area contributed by atoms with E-state index < -0.39 is 0 Å². The summed E-state index contributed by atoms with van der Waals surface area (Å²) in [4.78, 5) is 26.4. The van der Waals surface area contributed by atoms with Crippen LogP contribution in [-0.2, 0) is 0 Å². The summed E-state index contributed by atoms with van der Waals surface area (Å²) in [5.41, 5.74) is 1.16. The van der Waals surface area contributed by atoms with Gasteiger partial charge in [0, 0.05) is 28.4 Å². The standard InChI is InChI=1S/C17H17NO3/c1-3-10-18-16(19)12-7-5-6-11-14(21-4-2)9-8-13(15(11)12)17(18)20/h5-9H,3-4,10H2,1-2H3. The second-order valence-electron chi connectivity index (χ2n) is 5.03. The van der Waals surface area contributed by atoms with Gasteiger partial charge in [-0.3, -0.25) is 14.5 Å². The Labute approximate surface area is 123 Å². The van der Waals surface area contributed by atoms with Crippen LogP contribution in [0.1, 0.15) is 41.0 Å². The van der Waals surface area contributed by atoms with E-state index in [1.807, 2.05) is 32.0 Å². The number of hydrogen-bond donors (Lipinski definition) is 0. The monoisotopic (exact) mass is 283 g/mol. The van der Waals surface area contributed by atoms with Crippen molar-refractivity contribution in [2.75, 3.05) is 13.2 Å². The number of hydrogen-bond acceptors (Lipinski definition) is 3. The molecule has 108 valence electrons. The lowest BCUT2D eigenvalue weighted by Crippen LogP contribution is -2.40. The Morgan fingerprint density at radius 2 is 1.71 bits per heavy atom. The number of amides is 2. The number of benzene rings is 2. The first-order valence-corrected chi connectivity index (χ1v) is 7.23. The summed E-state index contributed by atoms with van der Waals surface area (Å²) in [6, 6.07) is 9.07. The number of carbonyl (C=O) groups is 2. The summed E-state index contributed by atoms with van der Waals surface area (Å²) in [6.07, 6.45) is 0.750. The zero-order valence-corrected chi connectivity index (χ0v) is 12.2. The van der Waals surface area contributed by atoms with E-state index in [1.54, 1.807) is 12.1 Å². The van der Waals surface area contributed by atoms with Crippen LogP contribution in [0.2, 0.25) is 0 Å². The Balaban J connectivity index is 2.28. The summed E-state index contributed by atoms with van der Waals surface area (Å²) < 4.78 is 5.61. The van der Waals surface area contributed by atoms with E-state index in [1.165, 1.54) is 4.90 Å². The maximum Gasteiger partial charge on any atom is 0.261 e. The fourth-order valence-corrected chi connectivity index (χ4v) is 2.83. The summed E-state index contributed by atoms with van der Waals surface area (Å²) in [6.45, 7) is 4.85. The summed E-state index contributed by atoms with van der Waals surface area (Å²) in [7, 11) is 0. The fraction of sp³-hybridized carbons (Fsp3) is 0.294. The molecule has 0 unspecified atom stereocenters. The Kier molecular flexibility index (Phi) is 3.37. The van der Waals surface area contributed by atoms with Gasteiger partial charge in [0.1, 0.15) is 5.75 Å². The molecule has 4 heteroatoms. The number of ether oxygens (including phenoxy) is 1. The molecule has 0 aliphatic carbocycles. The quantitative estimate of drug-likeness (QED) is 0.809. The van der Waals surface area contributed by atoms with Gasteiger partial charge in [-0.05, 0) is 31.5 Å². The first-order valence-electron chi connectivity index (χ1n) is 7.23. The second-order valence-corrected chi connectivity index (χ2v) is 5.03. The lowest BCUT2D eigenvalue weighted by atomic mass is 9.93. The fourth-order valence-electron chi connectivity index (χ4n) is 2.83. The molecule has 0 N–H and O–H groups in total. The third kappa shape index (κ3) is 1.98. The molecular weight excluding hydrogens is 266 g/mol. The molecule has 0 radical (unpaired) electrons. The van der Waals surface area contributed by atoms with Gasteiger partial charge in [0.15, 0.2) is 0 Å². The highest BCUT2D eigenvalue weighted by atomic mass is 16.5. The first-order chi connectivity index (χ1) is 10.2. The average molecular weight is 283 g/mol. The molecule has 3 rings (SSSR count). The van der Waals surface area contributed by atoms with Crippen molar-refractivity contribution in [2.24, 2.45) is 0 Å². The van der Waals surface area contributed by atoms with E-state index in [4.69, 9.17) is 4.74 Å². The zero-order chi connectivity index (χ0) is 15.0. The van der Waals surface area contributed by atoms with Gasteiger partial charge in [-0.15, -0.1) is 0 Å². The Bertz CT molecular complexity index is 714. The largest absolute Gasteiger partial charge is 0.493 e. The summed E-state index contributed by atoms with van der Waals surface area (Å²) in [5.74, 6) is 0.282. The van der Waals surface area contributed by atoms with Crippen LogP contribution < -0.4 is 4.74 Å². The maximum atomic E-state index is 12.5. The Morgan fingerprint density at radius 3 is 2.38 bits per heavy atom. The van der Waals surface area contributed by atoms with Crippen LogP contribution in [0.25, 0.3) is 10.8 Å². The van der Waals surface area contributed by atoms with Gasteiger partial charge in [-0.2, -0.15) is 0 Å². The molecule has 1 aliphatic rings. The van der Waals surface area contributed by atoms with E-state index in [-0.39, 0.29) is 11.8 Å². The number of rotatable bonds is 4. The van der Waals surface area contributed by atoms with Crippen LogP contribution in [0.15, 0.2) is 30.3 Å². The minimum Gasteiger partial charge on any atom is -0.493 e. The molecular formula is C17H17NO3. The van der Waals surface area contributed by atoms with Crippen molar-refractivity contribution in [3.8, 4) is 5.75 Å². The highest BCUT2D eigenvalue weighted by Crippen LogP contribution is 2.35. The molecule has 0 atom stereocenters. The van der Waals surface area contributed by atoms with Crippen molar-refractivity contribution in [1.29, 1.82) is 0 Å². The number of carbonyl (C=O) groups excluding carboxylic acids is 2. The van der Waals surface area contributed by atoms with Crippen LogP contribution in [0.5, 0.6) is 5.75 Å². The smallest absolute Gasteiger partial charge is 0.261 e. The van der Waals surface area contributed by atoms with E-state index >= 15 is 0 Å². The summed E-state index contributed by atoms with van der Waals surface area (Å²) >= 11 is 0. The third-order valence-corrected chi connectivity index (χ3v) is 3.70. The minimum atomic E-state index is -0.214. The van der Waals surface area contributed by atoms with Crippen molar-refractivity contribution in [3.63, 3.8) is 0 Å². The molecule has 0 fully saturated rings. The van der Waals surface area contributed by atoms with Gasteiger partial charge < -0.3 is 4.74 Å². The van der Waals surface area contributed by atoms with E-state index in [2.05, 4.69) is 0 Å². The molecule has 0 spiro atoms. The van der Waals surface area contributed by atoms with E-state index in [0.29, 0.717) is 35.4 Å². The van der Waals surface area contributed by atoms with Crippen molar-refractivity contribution in [1.82, 2.24) is 4.90 Å². The zero-order valence-electron chi connectivity index (χ0n) is 12.2. The van der Waals surface area contributed by atoms with Crippen molar-refractivity contribution >= 4 is 22.6 Å². The molecule has 0 saturated heterocycles. The molecule has 2 aromatic carbocycles. The van der Waals surface area contributed by atoms with Crippen molar-refractivity contribution in [2.45, 2.75) is 20.3 Å². The highest BCUT2D eigenvalue weighted by molar-refractivity contribution is 6.26. The van der Waals surface area contributed by atoms with E-state index in [9.17, 15) is 9.59 Å². The number of imide groups is 1. The average Bonchev–Trinajstić information content (AvgIpc) is 2.50. The van der Waals surface area contributed by atoms with Crippen LogP contribution in [0.3, 0.4) is 0 Å². The molecule has 0 aromatic heterocycles. The van der Waals surface area contributed by atoms with Gasteiger partial charge in [0.05, 0.1) is 6.61 Å². The van der Waals surface area contributed by atoms with Crippen LogP contribution in [-0.4, -0.2) is 29.9 Å². The molecule has 2 amide bonds. The minimum absolute atomic E-state index is 0.214. The lowest BCUT2D eigenvalue weighted by Gasteiger charge is -2.27. The van der Waals surface area contributed by atoms with Crippen LogP contribution in [0, 0.1) is 0 Å². The van der Waals surface area contributed by atoms with Crippen molar-refractivity contribution in [3.05, 3.63) is 41.5 Å². The third-order valence-electron chi connectivity index (χ3n) is 3.70. The predicted octanol–water partition coefficient (Wildman–Crippen LogP) is 3.24. The normalized spacial score (nSPS) is 13.9. The molecule has 2 aromatic rings. The molecule has 4 nitrogen and oxygen atoms in total. The second kappa shape index (κ2) is 5.20. The SMILES string of the molecule is CCCN1C(=O)c2cccc3c(OCC)ccc(c23)C1=O. The Morgan fingerprint density at radius 1 is 1.00 bits per heavy atom. The number of nitrogens with zero attached hydrogens (tertiary/aromatic N) is 1. The molecule has 1 aliphatic heterocycles. The van der Waals surface area contributed by atoms with Gasteiger partial charge >= 0.3 is 0 Å². The van der Waals surface area contributed by atoms with Crippen LogP contribution >= 0.6 is 0 Å². The Hall–Kier alpha value is -2.36. The molecule has 21 heavy (non-hydrogen) atoms. The van der Waals surface area contributed by atoms with E-state index in [0.717, 1.165) is 11.8 Å². The van der Waals surface area contributed by atoms with Gasteiger partial charge in [-0.25, -0.2) is 0 Å².